The third-order valence-corrected chi connectivity index (χ3v) is 9.61. The predicted octanol–water partition coefficient (Wildman–Crippen LogP) is 3.97. The van der Waals surface area contributed by atoms with Crippen molar-refractivity contribution in [3.8, 4) is 0 Å². The van der Waals surface area contributed by atoms with Crippen molar-refractivity contribution in [2.45, 2.75) is 73.7 Å². The molecule has 9 heteroatoms. The molecule has 1 N–H and O–H groups in total. The lowest BCUT2D eigenvalue weighted by molar-refractivity contribution is 0.412. The van der Waals surface area contributed by atoms with Crippen LogP contribution in [0.25, 0.3) is 0 Å². The van der Waals surface area contributed by atoms with Crippen molar-refractivity contribution in [1.82, 2.24) is 4.72 Å². The largest absolute Gasteiger partial charge is 0.264 e. The minimum absolute atomic E-state index is 0.00754. The molecule has 1 unspecified atom stereocenters. The van der Waals surface area contributed by atoms with Crippen LogP contribution in [0.3, 0.4) is 0 Å². The highest BCUT2D eigenvalue weighted by Gasteiger charge is 2.34. The Hall–Kier alpha value is -1.97. The van der Waals surface area contributed by atoms with Crippen LogP contribution in [0.2, 0.25) is 0 Å². The van der Waals surface area contributed by atoms with Gasteiger partial charge in [0.25, 0.3) is 10.0 Å². The zero-order chi connectivity index (χ0) is 22.2. The van der Waals surface area contributed by atoms with Gasteiger partial charge in [0, 0.05) is 12.1 Å². The zero-order valence-corrected chi connectivity index (χ0v) is 19.1. The summed E-state index contributed by atoms with van der Waals surface area (Å²) < 4.78 is 69.9. The van der Waals surface area contributed by atoms with E-state index in [4.69, 9.17) is 0 Å². The topological polar surface area (TPSA) is 83.6 Å². The van der Waals surface area contributed by atoms with Gasteiger partial charge in [-0.05, 0) is 80.6 Å². The monoisotopic (exact) mass is 466 g/mol. The first-order valence-electron chi connectivity index (χ1n) is 10.6. The Morgan fingerprint density at radius 2 is 1.55 bits per heavy atom. The van der Waals surface area contributed by atoms with Crippen LogP contribution in [0.4, 0.5) is 10.1 Å². The first-order chi connectivity index (χ1) is 14.7. The molecular weight excluding hydrogens is 439 g/mol. The first kappa shape index (κ1) is 22.2. The van der Waals surface area contributed by atoms with Crippen molar-refractivity contribution in [2.75, 3.05) is 4.31 Å². The Morgan fingerprint density at radius 3 is 2.23 bits per heavy atom. The van der Waals surface area contributed by atoms with Crippen LogP contribution < -0.4 is 9.03 Å². The highest BCUT2D eigenvalue weighted by Crippen LogP contribution is 2.36. The first-order valence-corrected chi connectivity index (χ1v) is 13.6. The van der Waals surface area contributed by atoms with E-state index in [0.717, 1.165) is 32.1 Å². The van der Waals surface area contributed by atoms with E-state index in [0.29, 0.717) is 24.1 Å². The second-order valence-electron chi connectivity index (χ2n) is 8.39. The summed E-state index contributed by atoms with van der Waals surface area (Å²) in [5, 5.41) is 0. The summed E-state index contributed by atoms with van der Waals surface area (Å²) in [5.74, 6) is -0.398. The number of anilines is 1. The van der Waals surface area contributed by atoms with Crippen LogP contribution in [0.5, 0.6) is 0 Å². The number of nitrogens with one attached hydrogen (secondary N) is 1. The fourth-order valence-electron chi connectivity index (χ4n) is 4.47. The van der Waals surface area contributed by atoms with Gasteiger partial charge >= 0.3 is 0 Å². The van der Waals surface area contributed by atoms with Gasteiger partial charge in [0.2, 0.25) is 10.0 Å². The third kappa shape index (κ3) is 4.49. The molecule has 1 atom stereocenters. The highest BCUT2D eigenvalue weighted by molar-refractivity contribution is 7.93. The summed E-state index contributed by atoms with van der Waals surface area (Å²) in [6.07, 6.45) is 5.94. The molecule has 1 aliphatic heterocycles. The van der Waals surface area contributed by atoms with E-state index < -0.39 is 25.9 Å². The molecule has 4 rings (SSSR count). The number of sulfonamides is 2. The fourth-order valence-corrected chi connectivity index (χ4v) is 7.50. The second-order valence-corrected chi connectivity index (χ2v) is 11.9. The van der Waals surface area contributed by atoms with Gasteiger partial charge in [0.1, 0.15) is 5.82 Å². The Bertz CT molecular complexity index is 1160. The second kappa shape index (κ2) is 8.52. The standard InChI is InChI=1S/C22H27FN2O4S2/c1-16-7-8-17-15-18(23)9-14-22(17)25(16)31(28,29)21-12-10-20(11-13-21)30(26,27)24-19-5-3-2-4-6-19/h9-16,19,24H,2-8H2,1H3. The molecule has 1 aliphatic carbocycles. The SMILES string of the molecule is CC1CCc2cc(F)ccc2N1S(=O)(=O)c1ccc(S(=O)(=O)NC2CCCCC2)cc1. The van der Waals surface area contributed by atoms with Crippen LogP contribution in [0.1, 0.15) is 51.0 Å². The van der Waals surface area contributed by atoms with Crippen molar-refractivity contribution in [1.29, 1.82) is 0 Å². The summed E-state index contributed by atoms with van der Waals surface area (Å²) >= 11 is 0. The Balaban J connectivity index is 1.61. The van der Waals surface area contributed by atoms with E-state index in [1.165, 1.54) is 46.8 Å². The quantitative estimate of drug-likeness (QED) is 0.723. The maximum atomic E-state index is 13.6. The van der Waals surface area contributed by atoms with Crippen LogP contribution in [-0.4, -0.2) is 28.9 Å². The molecule has 0 radical (unpaired) electrons. The summed E-state index contributed by atoms with van der Waals surface area (Å²) in [6, 6.07) is 9.07. The molecule has 0 aromatic heterocycles. The van der Waals surface area contributed by atoms with E-state index in [1.807, 2.05) is 6.92 Å². The molecule has 0 bridgehead atoms. The van der Waals surface area contributed by atoms with Crippen molar-refractivity contribution in [3.05, 3.63) is 53.8 Å². The fraction of sp³-hybridized carbons (Fsp3) is 0.455. The highest BCUT2D eigenvalue weighted by atomic mass is 32.2. The average molecular weight is 467 g/mol. The summed E-state index contributed by atoms with van der Waals surface area (Å²) in [7, 11) is -7.64. The number of aryl methyl sites for hydroxylation is 1. The van der Waals surface area contributed by atoms with E-state index >= 15 is 0 Å². The molecule has 6 nitrogen and oxygen atoms in total. The van der Waals surface area contributed by atoms with E-state index in [9.17, 15) is 21.2 Å². The van der Waals surface area contributed by atoms with Crippen LogP contribution in [-0.2, 0) is 26.5 Å². The smallest absolute Gasteiger partial charge is 0.263 e. The van der Waals surface area contributed by atoms with Gasteiger partial charge in [-0.15, -0.1) is 0 Å². The molecular formula is C22H27FN2O4S2. The lowest BCUT2D eigenvalue weighted by atomic mass is 9.96. The number of fused-ring (bicyclic) bond motifs is 1. The van der Waals surface area contributed by atoms with Crippen LogP contribution in [0, 0.1) is 5.82 Å². The van der Waals surface area contributed by atoms with Gasteiger partial charge in [-0.25, -0.2) is 25.9 Å². The summed E-state index contributed by atoms with van der Waals surface area (Å²) in [4.78, 5) is 0.0549. The van der Waals surface area contributed by atoms with E-state index in [2.05, 4.69) is 4.72 Å². The van der Waals surface area contributed by atoms with Gasteiger partial charge in [-0.3, -0.25) is 4.31 Å². The molecule has 1 fully saturated rings. The number of nitrogens with zero attached hydrogens (tertiary/aromatic N) is 1. The normalized spacial score (nSPS) is 20.5. The molecule has 1 heterocycles. The van der Waals surface area contributed by atoms with Gasteiger partial charge in [0.05, 0.1) is 15.5 Å². The minimum Gasteiger partial charge on any atom is -0.263 e. The van der Waals surface area contributed by atoms with Gasteiger partial charge in [-0.1, -0.05) is 19.3 Å². The third-order valence-electron chi connectivity index (χ3n) is 6.13. The number of rotatable bonds is 5. The van der Waals surface area contributed by atoms with Gasteiger partial charge in [-0.2, -0.15) is 0 Å². The average Bonchev–Trinajstić information content (AvgIpc) is 2.74. The molecule has 2 aliphatic rings. The molecule has 31 heavy (non-hydrogen) atoms. The van der Waals surface area contributed by atoms with Crippen LogP contribution in [0.15, 0.2) is 52.3 Å². The molecule has 168 valence electrons. The molecule has 2 aromatic rings. The lowest BCUT2D eigenvalue weighted by Crippen LogP contribution is -2.42. The Morgan fingerprint density at radius 1 is 0.903 bits per heavy atom. The molecule has 1 saturated carbocycles. The van der Waals surface area contributed by atoms with Gasteiger partial charge < -0.3 is 0 Å². The van der Waals surface area contributed by atoms with Crippen molar-refractivity contribution in [2.24, 2.45) is 0 Å². The maximum Gasteiger partial charge on any atom is 0.264 e. The van der Waals surface area contributed by atoms with Crippen molar-refractivity contribution in [3.63, 3.8) is 0 Å². The Labute approximate surface area is 183 Å². The Kier molecular flexibility index (Phi) is 6.11. The van der Waals surface area contributed by atoms with E-state index in [-0.39, 0.29) is 21.9 Å². The lowest BCUT2D eigenvalue weighted by Gasteiger charge is -2.36. The summed E-state index contributed by atoms with van der Waals surface area (Å²) in [6.45, 7) is 1.82. The van der Waals surface area contributed by atoms with Crippen molar-refractivity contribution >= 4 is 25.7 Å². The molecule has 0 spiro atoms. The van der Waals surface area contributed by atoms with Gasteiger partial charge in [0.15, 0.2) is 0 Å². The number of hydrogen-bond donors (Lipinski definition) is 1. The maximum absolute atomic E-state index is 13.6. The molecule has 2 aromatic carbocycles. The van der Waals surface area contributed by atoms with E-state index in [1.54, 1.807) is 0 Å². The zero-order valence-electron chi connectivity index (χ0n) is 17.4. The number of hydrogen-bond acceptors (Lipinski definition) is 4. The minimum atomic E-state index is -3.93. The summed E-state index contributed by atoms with van der Waals surface area (Å²) in [5.41, 5.74) is 1.12. The predicted molar refractivity (Wildman–Crippen MR) is 117 cm³/mol. The van der Waals surface area contributed by atoms with Crippen LogP contribution >= 0.6 is 0 Å². The molecule has 0 amide bonds. The van der Waals surface area contributed by atoms with Crippen molar-refractivity contribution < 1.29 is 21.2 Å². The molecule has 0 saturated heterocycles. The number of benzene rings is 2. The number of halogens is 1.